The summed E-state index contributed by atoms with van der Waals surface area (Å²) in [6.45, 7) is 2.03. The maximum atomic E-state index is 13.2. The monoisotopic (exact) mass is 336 g/mol. The van der Waals surface area contributed by atoms with E-state index in [1.165, 1.54) is 6.07 Å². The molecule has 1 fully saturated rings. The fourth-order valence-electron chi connectivity index (χ4n) is 2.60. The highest BCUT2D eigenvalue weighted by Gasteiger charge is 2.17. The van der Waals surface area contributed by atoms with Crippen molar-refractivity contribution in [2.45, 2.75) is 19.3 Å². The number of amides is 1. The van der Waals surface area contributed by atoms with Crippen LogP contribution in [0.1, 0.15) is 23.4 Å². The van der Waals surface area contributed by atoms with E-state index < -0.39 is 11.6 Å². The van der Waals surface area contributed by atoms with Crippen molar-refractivity contribution < 1.29 is 22.8 Å². The summed E-state index contributed by atoms with van der Waals surface area (Å²) in [4.78, 5) is 11.9. The molecule has 1 N–H and O–H groups in total. The van der Waals surface area contributed by atoms with Crippen LogP contribution in [-0.2, 0) is 22.4 Å². The van der Waals surface area contributed by atoms with E-state index in [4.69, 9.17) is 9.26 Å². The number of carbonyl (C=O) groups is 1. The van der Waals surface area contributed by atoms with Gasteiger partial charge in [0.1, 0.15) is 5.76 Å². The van der Waals surface area contributed by atoms with E-state index in [0.29, 0.717) is 36.1 Å². The number of nitrogens with one attached hydrogen (secondary N) is 1. The van der Waals surface area contributed by atoms with E-state index in [1.54, 1.807) is 6.07 Å². The van der Waals surface area contributed by atoms with Crippen LogP contribution in [0.3, 0.4) is 0 Å². The minimum Gasteiger partial charge on any atom is -0.381 e. The van der Waals surface area contributed by atoms with Gasteiger partial charge in [-0.3, -0.25) is 4.79 Å². The van der Waals surface area contributed by atoms with Crippen molar-refractivity contribution in [1.82, 2.24) is 10.5 Å². The molecule has 2 heterocycles. The third-order valence-electron chi connectivity index (χ3n) is 3.92. The van der Waals surface area contributed by atoms with E-state index in [-0.39, 0.29) is 18.7 Å². The van der Waals surface area contributed by atoms with Crippen LogP contribution >= 0.6 is 0 Å². The molecular weight excluding hydrogens is 318 g/mol. The number of nitrogens with zero attached hydrogens (tertiary/aromatic N) is 1. The fourth-order valence-corrected chi connectivity index (χ4v) is 2.60. The molecule has 0 saturated carbocycles. The Labute approximate surface area is 138 Å². The number of hydrogen-bond donors (Lipinski definition) is 1. The van der Waals surface area contributed by atoms with Crippen LogP contribution < -0.4 is 5.32 Å². The number of ether oxygens (including phenoxy) is 1. The molecule has 0 spiro atoms. The maximum absolute atomic E-state index is 13.2. The van der Waals surface area contributed by atoms with Gasteiger partial charge in [-0.2, -0.15) is 0 Å². The van der Waals surface area contributed by atoms with Gasteiger partial charge >= 0.3 is 0 Å². The van der Waals surface area contributed by atoms with Crippen LogP contribution in [0, 0.1) is 17.6 Å². The Bertz CT molecular complexity index is 712. The molecular formula is C17H18F2N2O3. The van der Waals surface area contributed by atoms with Gasteiger partial charge in [0.2, 0.25) is 5.91 Å². The summed E-state index contributed by atoms with van der Waals surface area (Å²) in [5, 5.41) is 6.70. The van der Waals surface area contributed by atoms with Crippen LogP contribution in [0.5, 0.6) is 0 Å². The second kappa shape index (κ2) is 7.53. The van der Waals surface area contributed by atoms with Gasteiger partial charge < -0.3 is 14.6 Å². The largest absolute Gasteiger partial charge is 0.381 e. The van der Waals surface area contributed by atoms with Crippen molar-refractivity contribution >= 4 is 5.91 Å². The Morgan fingerprint density at radius 1 is 1.29 bits per heavy atom. The molecule has 1 saturated heterocycles. The van der Waals surface area contributed by atoms with Gasteiger partial charge in [-0.25, -0.2) is 8.78 Å². The van der Waals surface area contributed by atoms with Gasteiger partial charge in [0.25, 0.3) is 0 Å². The van der Waals surface area contributed by atoms with Crippen LogP contribution in [0.4, 0.5) is 8.78 Å². The zero-order chi connectivity index (χ0) is 16.9. The number of hydrogen-bond acceptors (Lipinski definition) is 4. The smallest absolute Gasteiger partial charge is 0.226 e. The Hall–Kier alpha value is -2.28. The molecule has 1 aromatic heterocycles. The van der Waals surface area contributed by atoms with E-state index in [9.17, 15) is 13.6 Å². The highest BCUT2D eigenvalue weighted by atomic mass is 19.2. The second-order valence-electron chi connectivity index (χ2n) is 5.92. The summed E-state index contributed by atoms with van der Waals surface area (Å²) < 4.78 is 36.5. The van der Waals surface area contributed by atoms with Crippen LogP contribution in [0.25, 0.3) is 0 Å². The van der Waals surface area contributed by atoms with Crippen LogP contribution in [0.15, 0.2) is 28.8 Å². The maximum Gasteiger partial charge on any atom is 0.226 e. The molecule has 1 amide bonds. The molecule has 24 heavy (non-hydrogen) atoms. The normalized spacial score (nSPS) is 17.2. The van der Waals surface area contributed by atoms with Crippen molar-refractivity contribution in [1.29, 1.82) is 0 Å². The SMILES string of the molecule is O=C(Cc1cc(Cc2ccc(F)c(F)c2)on1)NCC1CCOC1. The van der Waals surface area contributed by atoms with Crippen LogP contribution in [0.2, 0.25) is 0 Å². The van der Waals surface area contributed by atoms with Gasteiger partial charge in [-0.1, -0.05) is 11.2 Å². The number of halogens is 2. The summed E-state index contributed by atoms with van der Waals surface area (Å²) in [5.41, 5.74) is 1.08. The predicted octanol–water partition coefficient (Wildman–Crippen LogP) is 2.24. The molecule has 1 aliphatic heterocycles. The molecule has 5 nitrogen and oxygen atoms in total. The minimum atomic E-state index is -0.900. The Kier molecular flexibility index (Phi) is 5.20. The number of aromatic nitrogens is 1. The summed E-state index contributed by atoms with van der Waals surface area (Å²) >= 11 is 0. The predicted molar refractivity (Wildman–Crippen MR) is 81.3 cm³/mol. The van der Waals surface area contributed by atoms with Gasteiger partial charge in [0.05, 0.1) is 18.7 Å². The lowest BCUT2D eigenvalue weighted by atomic mass is 10.1. The lowest BCUT2D eigenvalue weighted by Crippen LogP contribution is -2.30. The van der Waals surface area contributed by atoms with Crippen molar-refractivity contribution in [2.24, 2.45) is 5.92 Å². The topological polar surface area (TPSA) is 64.4 Å². The van der Waals surface area contributed by atoms with Gasteiger partial charge in [0, 0.05) is 31.6 Å². The summed E-state index contributed by atoms with van der Waals surface area (Å²) in [7, 11) is 0. The molecule has 1 atom stereocenters. The van der Waals surface area contributed by atoms with E-state index in [2.05, 4.69) is 10.5 Å². The van der Waals surface area contributed by atoms with Crippen molar-refractivity contribution in [3.8, 4) is 0 Å². The molecule has 128 valence electrons. The van der Waals surface area contributed by atoms with E-state index >= 15 is 0 Å². The average Bonchev–Trinajstić information content (AvgIpc) is 3.21. The second-order valence-corrected chi connectivity index (χ2v) is 5.92. The standard InChI is InChI=1S/C17H18F2N2O3/c18-15-2-1-11(6-16(15)19)5-14-7-13(21-24-14)8-17(22)20-9-12-3-4-23-10-12/h1-2,6-7,12H,3-5,8-10H2,(H,20,22). The Morgan fingerprint density at radius 2 is 2.17 bits per heavy atom. The highest BCUT2D eigenvalue weighted by molar-refractivity contribution is 5.78. The zero-order valence-corrected chi connectivity index (χ0v) is 13.1. The van der Waals surface area contributed by atoms with Gasteiger partial charge in [-0.15, -0.1) is 0 Å². The first kappa shape index (κ1) is 16.6. The summed E-state index contributed by atoms with van der Waals surface area (Å²) in [6, 6.07) is 5.33. The van der Waals surface area contributed by atoms with Crippen molar-refractivity contribution in [2.75, 3.05) is 19.8 Å². The van der Waals surface area contributed by atoms with Crippen LogP contribution in [-0.4, -0.2) is 30.8 Å². The first-order chi connectivity index (χ1) is 11.6. The van der Waals surface area contributed by atoms with Gasteiger partial charge in [-0.05, 0) is 24.1 Å². The molecule has 2 aromatic rings. The molecule has 0 aliphatic carbocycles. The molecule has 3 rings (SSSR count). The third-order valence-corrected chi connectivity index (χ3v) is 3.92. The summed E-state index contributed by atoms with van der Waals surface area (Å²) in [6.07, 6.45) is 1.36. The Morgan fingerprint density at radius 3 is 2.92 bits per heavy atom. The molecule has 1 aromatic carbocycles. The fraction of sp³-hybridized carbons (Fsp3) is 0.412. The molecule has 0 bridgehead atoms. The first-order valence-electron chi connectivity index (χ1n) is 7.83. The van der Waals surface area contributed by atoms with Crippen molar-refractivity contribution in [3.05, 3.63) is 52.9 Å². The molecule has 1 aliphatic rings. The minimum absolute atomic E-state index is 0.120. The zero-order valence-electron chi connectivity index (χ0n) is 13.1. The van der Waals surface area contributed by atoms with E-state index in [1.807, 2.05) is 0 Å². The first-order valence-corrected chi connectivity index (χ1v) is 7.83. The average molecular weight is 336 g/mol. The lowest BCUT2D eigenvalue weighted by molar-refractivity contribution is -0.120. The summed E-state index contributed by atoms with van der Waals surface area (Å²) in [5.74, 6) is -1.05. The molecule has 0 radical (unpaired) electrons. The Balaban J connectivity index is 1.51. The number of carbonyl (C=O) groups excluding carboxylic acids is 1. The van der Waals surface area contributed by atoms with Gasteiger partial charge in [0.15, 0.2) is 11.6 Å². The number of rotatable bonds is 6. The highest BCUT2D eigenvalue weighted by Crippen LogP contribution is 2.15. The third kappa shape index (κ3) is 4.38. The molecule has 1 unspecified atom stereocenters. The van der Waals surface area contributed by atoms with E-state index in [0.717, 1.165) is 25.2 Å². The quantitative estimate of drug-likeness (QED) is 0.879. The lowest BCUT2D eigenvalue weighted by Gasteiger charge is -2.08. The number of benzene rings is 1. The van der Waals surface area contributed by atoms with Crippen molar-refractivity contribution in [3.63, 3.8) is 0 Å². The molecule has 7 heteroatoms.